The van der Waals surface area contributed by atoms with Crippen molar-refractivity contribution in [1.29, 1.82) is 0 Å². The lowest BCUT2D eigenvalue weighted by Crippen LogP contribution is -2.49. The van der Waals surface area contributed by atoms with Crippen LogP contribution in [0.2, 0.25) is 0 Å². The molecule has 8 heteroatoms. The van der Waals surface area contributed by atoms with E-state index < -0.39 is 0 Å². The van der Waals surface area contributed by atoms with E-state index in [1.165, 1.54) is 6.20 Å². The summed E-state index contributed by atoms with van der Waals surface area (Å²) in [5.74, 6) is -0.209. The molecule has 3 amide bonds. The van der Waals surface area contributed by atoms with Crippen LogP contribution in [-0.4, -0.2) is 73.8 Å². The Bertz CT molecular complexity index is 540. The van der Waals surface area contributed by atoms with Crippen LogP contribution in [0.5, 0.6) is 0 Å². The SMILES string of the molecule is CCO[C@H]1CN(C)C[C@@H]1NC(=O)NCCNC(=O)c1cccnc1. The van der Waals surface area contributed by atoms with E-state index in [2.05, 4.69) is 25.8 Å². The molecule has 0 bridgehead atoms. The average Bonchev–Trinajstić information content (AvgIpc) is 2.92. The maximum atomic E-state index is 12.0. The van der Waals surface area contributed by atoms with Crippen molar-refractivity contribution in [2.24, 2.45) is 0 Å². The Morgan fingerprint density at radius 1 is 1.33 bits per heavy atom. The number of carbonyl (C=O) groups is 2. The van der Waals surface area contributed by atoms with Crippen LogP contribution in [0.3, 0.4) is 0 Å². The van der Waals surface area contributed by atoms with E-state index in [1.807, 2.05) is 14.0 Å². The lowest BCUT2D eigenvalue weighted by atomic mass is 10.2. The second kappa shape index (κ2) is 9.19. The molecule has 0 unspecified atom stereocenters. The first-order valence-corrected chi connectivity index (χ1v) is 8.13. The number of nitrogens with one attached hydrogen (secondary N) is 3. The van der Waals surface area contributed by atoms with Crippen molar-refractivity contribution >= 4 is 11.9 Å². The molecule has 24 heavy (non-hydrogen) atoms. The molecule has 1 fully saturated rings. The van der Waals surface area contributed by atoms with Crippen LogP contribution in [0.15, 0.2) is 24.5 Å². The number of likely N-dealkylation sites (tertiary alicyclic amines) is 1. The lowest BCUT2D eigenvalue weighted by Gasteiger charge is -2.20. The zero-order valence-electron chi connectivity index (χ0n) is 14.1. The van der Waals surface area contributed by atoms with Gasteiger partial charge in [0.2, 0.25) is 0 Å². The zero-order chi connectivity index (χ0) is 17.4. The number of pyridine rings is 1. The number of aromatic nitrogens is 1. The summed E-state index contributed by atoms with van der Waals surface area (Å²) in [6, 6.07) is 3.11. The Hall–Kier alpha value is -2.19. The molecule has 1 aromatic rings. The highest BCUT2D eigenvalue weighted by atomic mass is 16.5. The number of amides is 3. The van der Waals surface area contributed by atoms with E-state index in [0.717, 1.165) is 13.1 Å². The first-order valence-electron chi connectivity index (χ1n) is 8.13. The molecule has 0 radical (unpaired) electrons. The first-order chi connectivity index (χ1) is 11.6. The Kier molecular flexibility index (Phi) is 6.95. The monoisotopic (exact) mass is 335 g/mol. The van der Waals surface area contributed by atoms with Crippen LogP contribution in [0.4, 0.5) is 4.79 Å². The van der Waals surface area contributed by atoms with Gasteiger partial charge in [-0.15, -0.1) is 0 Å². The fourth-order valence-corrected chi connectivity index (χ4v) is 2.65. The molecule has 3 N–H and O–H groups in total. The molecule has 0 spiro atoms. The van der Waals surface area contributed by atoms with E-state index in [9.17, 15) is 9.59 Å². The second-order valence-corrected chi connectivity index (χ2v) is 5.72. The highest BCUT2D eigenvalue weighted by Gasteiger charge is 2.32. The molecular formula is C16H25N5O3. The van der Waals surface area contributed by atoms with Crippen molar-refractivity contribution in [3.8, 4) is 0 Å². The summed E-state index contributed by atoms with van der Waals surface area (Å²) in [5, 5.41) is 8.39. The number of hydrogen-bond acceptors (Lipinski definition) is 5. The minimum atomic E-state index is -0.254. The van der Waals surface area contributed by atoms with Gasteiger partial charge in [0.1, 0.15) is 0 Å². The van der Waals surface area contributed by atoms with Gasteiger partial charge in [0.15, 0.2) is 0 Å². The van der Waals surface area contributed by atoms with Crippen molar-refractivity contribution in [3.63, 3.8) is 0 Å². The van der Waals surface area contributed by atoms with E-state index in [0.29, 0.717) is 25.3 Å². The molecule has 2 atom stereocenters. The topological polar surface area (TPSA) is 95.6 Å². The van der Waals surface area contributed by atoms with Crippen molar-refractivity contribution in [2.45, 2.75) is 19.1 Å². The van der Waals surface area contributed by atoms with Crippen LogP contribution in [0.1, 0.15) is 17.3 Å². The minimum absolute atomic E-state index is 0.0102. The number of carbonyl (C=O) groups excluding carboxylic acids is 2. The van der Waals surface area contributed by atoms with E-state index in [1.54, 1.807) is 18.3 Å². The van der Waals surface area contributed by atoms with Gasteiger partial charge in [-0.05, 0) is 26.1 Å². The summed E-state index contributed by atoms with van der Waals surface area (Å²) >= 11 is 0. The molecule has 2 rings (SSSR count). The van der Waals surface area contributed by atoms with Crippen molar-refractivity contribution in [2.75, 3.05) is 39.8 Å². The van der Waals surface area contributed by atoms with Crippen molar-refractivity contribution in [3.05, 3.63) is 30.1 Å². The number of nitrogens with zero attached hydrogens (tertiary/aromatic N) is 2. The van der Waals surface area contributed by atoms with Crippen molar-refractivity contribution < 1.29 is 14.3 Å². The van der Waals surface area contributed by atoms with E-state index >= 15 is 0 Å². The molecule has 1 aromatic heterocycles. The lowest BCUT2D eigenvalue weighted by molar-refractivity contribution is 0.0564. The maximum Gasteiger partial charge on any atom is 0.315 e. The van der Waals surface area contributed by atoms with Crippen LogP contribution in [0, 0.1) is 0 Å². The van der Waals surface area contributed by atoms with Crippen LogP contribution < -0.4 is 16.0 Å². The predicted octanol–water partition coefficient (Wildman–Crippen LogP) is -0.170. The van der Waals surface area contributed by atoms with Gasteiger partial charge in [-0.1, -0.05) is 0 Å². The minimum Gasteiger partial charge on any atom is -0.375 e. The molecule has 1 aliphatic heterocycles. The molecule has 8 nitrogen and oxygen atoms in total. The zero-order valence-corrected chi connectivity index (χ0v) is 14.1. The van der Waals surface area contributed by atoms with Gasteiger partial charge in [-0.3, -0.25) is 9.78 Å². The summed E-state index contributed by atoms with van der Waals surface area (Å²) in [5.41, 5.74) is 0.496. The highest BCUT2D eigenvalue weighted by molar-refractivity contribution is 5.93. The molecule has 0 aliphatic carbocycles. The molecule has 1 aliphatic rings. The predicted molar refractivity (Wildman–Crippen MR) is 89.8 cm³/mol. The molecule has 2 heterocycles. The van der Waals surface area contributed by atoms with Crippen LogP contribution in [-0.2, 0) is 4.74 Å². The van der Waals surface area contributed by atoms with Gasteiger partial charge in [0.05, 0.1) is 17.7 Å². The smallest absolute Gasteiger partial charge is 0.315 e. The molecule has 132 valence electrons. The normalized spacial score (nSPS) is 20.6. The molecule has 0 saturated carbocycles. The quantitative estimate of drug-likeness (QED) is 0.601. The van der Waals surface area contributed by atoms with Crippen LogP contribution in [0.25, 0.3) is 0 Å². The third-order valence-electron chi connectivity index (χ3n) is 3.77. The maximum absolute atomic E-state index is 12.0. The van der Waals surface area contributed by atoms with Gasteiger partial charge < -0.3 is 25.6 Å². The number of ether oxygens (including phenoxy) is 1. The Balaban J connectivity index is 1.65. The third kappa shape index (κ3) is 5.47. The Morgan fingerprint density at radius 2 is 2.12 bits per heavy atom. The third-order valence-corrected chi connectivity index (χ3v) is 3.77. The first kappa shape index (κ1) is 18.2. The van der Waals surface area contributed by atoms with Gasteiger partial charge in [-0.2, -0.15) is 0 Å². The summed E-state index contributed by atoms with van der Waals surface area (Å²) in [6.07, 6.45) is 3.12. The van der Waals surface area contributed by atoms with E-state index in [-0.39, 0.29) is 24.1 Å². The van der Waals surface area contributed by atoms with E-state index in [4.69, 9.17) is 4.74 Å². The average molecular weight is 335 g/mol. The summed E-state index contributed by atoms with van der Waals surface area (Å²) in [7, 11) is 2.00. The fourth-order valence-electron chi connectivity index (χ4n) is 2.65. The van der Waals surface area contributed by atoms with Gasteiger partial charge in [0, 0.05) is 45.2 Å². The summed E-state index contributed by atoms with van der Waals surface area (Å²) < 4.78 is 5.65. The van der Waals surface area contributed by atoms with Gasteiger partial charge >= 0.3 is 6.03 Å². The summed E-state index contributed by atoms with van der Waals surface area (Å²) in [6.45, 7) is 4.83. The highest BCUT2D eigenvalue weighted by Crippen LogP contribution is 2.11. The van der Waals surface area contributed by atoms with Gasteiger partial charge in [0.25, 0.3) is 5.91 Å². The molecule has 1 saturated heterocycles. The number of hydrogen-bond donors (Lipinski definition) is 3. The van der Waals surface area contributed by atoms with Gasteiger partial charge in [-0.25, -0.2) is 4.79 Å². The molecule has 0 aromatic carbocycles. The summed E-state index contributed by atoms with van der Waals surface area (Å²) in [4.78, 5) is 29.8. The Labute approximate surface area is 142 Å². The number of rotatable bonds is 7. The number of urea groups is 1. The fraction of sp³-hybridized carbons (Fsp3) is 0.562. The van der Waals surface area contributed by atoms with Crippen molar-refractivity contribution in [1.82, 2.24) is 25.8 Å². The van der Waals surface area contributed by atoms with Crippen LogP contribution >= 0.6 is 0 Å². The Morgan fingerprint density at radius 3 is 2.83 bits per heavy atom. The molecular weight excluding hydrogens is 310 g/mol. The second-order valence-electron chi connectivity index (χ2n) is 5.72. The largest absolute Gasteiger partial charge is 0.375 e. The number of likely N-dealkylation sites (N-methyl/N-ethyl adjacent to an activating group) is 1. The standard InChI is InChI=1S/C16H25N5O3/c1-3-24-14-11-21(2)10-13(14)20-16(23)19-8-7-18-15(22)12-5-4-6-17-9-12/h4-6,9,13-14H,3,7-8,10-11H2,1-2H3,(H,18,22)(H2,19,20,23)/t13-,14-/m0/s1.